The maximum absolute atomic E-state index is 3.31. The van der Waals surface area contributed by atoms with Gasteiger partial charge in [0.2, 0.25) is 0 Å². The van der Waals surface area contributed by atoms with Gasteiger partial charge in [-0.25, -0.2) is 0 Å². The first-order chi connectivity index (χ1) is 9.35. The molecule has 0 saturated heterocycles. The van der Waals surface area contributed by atoms with Crippen LogP contribution < -0.4 is 5.32 Å². The minimum absolute atomic E-state index is 0.930. The van der Waals surface area contributed by atoms with Crippen molar-refractivity contribution >= 4 is 11.3 Å². The molecule has 1 heterocycles. The summed E-state index contributed by atoms with van der Waals surface area (Å²) in [6.45, 7) is 1.12. The summed E-state index contributed by atoms with van der Waals surface area (Å²) >= 11 is 2.05. The van der Waals surface area contributed by atoms with Gasteiger partial charge in [0.1, 0.15) is 0 Å². The van der Waals surface area contributed by atoms with E-state index in [0.29, 0.717) is 0 Å². The van der Waals surface area contributed by atoms with Gasteiger partial charge in [0.25, 0.3) is 0 Å². The number of likely N-dealkylation sites (N-methyl/N-ethyl adjacent to an activating group) is 1. The van der Waals surface area contributed by atoms with Crippen LogP contribution in [0.3, 0.4) is 0 Å². The molecule has 1 aromatic heterocycles. The van der Waals surface area contributed by atoms with E-state index in [2.05, 4.69) is 35.1 Å². The maximum Gasteiger partial charge on any atom is 0.0114 e. The molecule has 2 heteroatoms. The van der Waals surface area contributed by atoms with Crippen LogP contribution in [0.2, 0.25) is 0 Å². The molecular weight excluding hydrogens is 250 g/mol. The van der Waals surface area contributed by atoms with Crippen molar-refractivity contribution in [2.45, 2.75) is 44.4 Å². The molecule has 4 bridgehead atoms. The van der Waals surface area contributed by atoms with Gasteiger partial charge in [-0.05, 0) is 98.7 Å². The predicted octanol–water partition coefficient (Wildman–Crippen LogP) is 4.05. The first-order valence-corrected chi connectivity index (χ1v) is 8.94. The number of rotatable bonds is 4. The molecule has 1 N–H and O–H groups in total. The SMILES string of the molecule is CNCCc1ccsc1C1C2CC3CC(C2)CC1C3. The summed E-state index contributed by atoms with van der Waals surface area (Å²) in [5.41, 5.74) is 1.65. The van der Waals surface area contributed by atoms with Crippen molar-refractivity contribution in [2.24, 2.45) is 23.7 Å². The molecule has 1 aromatic rings. The number of thiophene rings is 1. The van der Waals surface area contributed by atoms with Gasteiger partial charge in [-0.2, -0.15) is 0 Å². The van der Waals surface area contributed by atoms with E-state index in [1.165, 1.54) is 6.42 Å². The molecule has 0 radical (unpaired) electrons. The van der Waals surface area contributed by atoms with E-state index in [1.54, 1.807) is 42.5 Å². The number of hydrogen-bond acceptors (Lipinski definition) is 2. The lowest BCUT2D eigenvalue weighted by molar-refractivity contribution is -0.00185. The van der Waals surface area contributed by atoms with Gasteiger partial charge in [-0.15, -0.1) is 11.3 Å². The van der Waals surface area contributed by atoms with Gasteiger partial charge in [-0.3, -0.25) is 0 Å². The fourth-order valence-electron chi connectivity index (χ4n) is 5.46. The van der Waals surface area contributed by atoms with Crippen molar-refractivity contribution in [2.75, 3.05) is 13.6 Å². The van der Waals surface area contributed by atoms with E-state index in [-0.39, 0.29) is 0 Å². The Morgan fingerprint density at radius 2 is 1.79 bits per heavy atom. The zero-order chi connectivity index (χ0) is 12.8. The van der Waals surface area contributed by atoms with Crippen LogP contribution in [0.25, 0.3) is 0 Å². The van der Waals surface area contributed by atoms with Gasteiger partial charge in [-0.1, -0.05) is 0 Å². The van der Waals surface area contributed by atoms with Crippen LogP contribution in [0.5, 0.6) is 0 Å². The highest BCUT2D eigenvalue weighted by atomic mass is 32.1. The second-order valence-electron chi connectivity index (χ2n) is 7.12. The zero-order valence-corrected chi connectivity index (χ0v) is 12.7. The van der Waals surface area contributed by atoms with Crippen LogP contribution in [0.4, 0.5) is 0 Å². The topological polar surface area (TPSA) is 12.0 Å². The first-order valence-electron chi connectivity index (χ1n) is 8.06. The Kier molecular flexibility index (Phi) is 3.19. The molecule has 4 fully saturated rings. The first kappa shape index (κ1) is 12.4. The molecule has 19 heavy (non-hydrogen) atoms. The van der Waals surface area contributed by atoms with E-state index >= 15 is 0 Å². The third kappa shape index (κ3) is 2.08. The Labute approximate surface area is 120 Å². The summed E-state index contributed by atoms with van der Waals surface area (Å²) in [4.78, 5) is 1.77. The van der Waals surface area contributed by atoms with Crippen LogP contribution in [0.15, 0.2) is 11.4 Å². The lowest BCUT2D eigenvalue weighted by Crippen LogP contribution is -2.43. The van der Waals surface area contributed by atoms with E-state index in [4.69, 9.17) is 0 Å². The average Bonchev–Trinajstić information content (AvgIpc) is 2.83. The minimum atomic E-state index is 0.930. The second kappa shape index (κ2) is 4.89. The van der Waals surface area contributed by atoms with Crippen molar-refractivity contribution in [1.29, 1.82) is 0 Å². The minimum Gasteiger partial charge on any atom is -0.319 e. The normalized spacial score (nSPS) is 39.9. The van der Waals surface area contributed by atoms with E-state index in [9.17, 15) is 0 Å². The van der Waals surface area contributed by atoms with Crippen LogP contribution >= 0.6 is 11.3 Å². The molecule has 0 amide bonds. The summed E-state index contributed by atoms with van der Waals surface area (Å²) in [6, 6.07) is 2.39. The van der Waals surface area contributed by atoms with Crippen LogP contribution in [-0.2, 0) is 6.42 Å². The summed E-state index contributed by atoms with van der Waals surface area (Å²) in [7, 11) is 2.06. The highest BCUT2D eigenvalue weighted by Gasteiger charge is 2.49. The van der Waals surface area contributed by atoms with Gasteiger partial charge in [0.05, 0.1) is 0 Å². The van der Waals surface area contributed by atoms with E-state index in [0.717, 1.165) is 36.1 Å². The smallest absolute Gasteiger partial charge is 0.0114 e. The van der Waals surface area contributed by atoms with Gasteiger partial charge < -0.3 is 5.32 Å². The van der Waals surface area contributed by atoms with Gasteiger partial charge in [0, 0.05) is 4.88 Å². The van der Waals surface area contributed by atoms with Crippen molar-refractivity contribution in [3.8, 4) is 0 Å². The molecule has 0 aromatic carbocycles. The third-order valence-corrected chi connectivity index (χ3v) is 7.01. The van der Waals surface area contributed by atoms with Crippen molar-refractivity contribution < 1.29 is 0 Å². The monoisotopic (exact) mass is 275 g/mol. The molecule has 1 nitrogen and oxygen atoms in total. The molecule has 104 valence electrons. The molecule has 0 atom stereocenters. The molecule has 0 spiro atoms. The molecule has 0 unspecified atom stereocenters. The lowest BCUT2D eigenvalue weighted by atomic mass is 9.51. The number of nitrogens with one attached hydrogen (secondary N) is 1. The average molecular weight is 275 g/mol. The molecule has 4 saturated carbocycles. The Bertz CT molecular complexity index is 422. The Morgan fingerprint density at radius 3 is 2.42 bits per heavy atom. The van der Waals surface area contributed by atoms with Crippen molar-refractivity contribution in [3.05, 3.63) is 21.9 Å². The van der Waals surface area contributed by atoms with Crippen molar-refractivity contribution in [1.82, 2.24) is 5.32 Å². The fourth-order valence-corrected chi connectivity index (χ4v) is 6.70. The largest absolute Gasteiger partial charge is 0.319 e. The summed E-state index contributed by atoms with van der Waals surface area (Å²) in [5.74, 6) is 5.19. The maximum atomic E-state index is 3.31. The molecule has 4 aliphatic carbocycles. The predicted molar refractivity (Wildman–Crippen MR) is 81.7 cm³/mol. The quantitative estimate of drug-likeness (QED) is 0.874. The van der Waals surface area contributed by atoms with Gasteiger partial charge >= 0.3 is 0 Å². The van der Waals surface area contributed by atoms with E-state index in [1.807, 2.05) is 0 Å². The standard InChI is InChI=1S/C17H25NS/c1-18-4-2-13-3-5-19-17(13)16-14-7-11-6-12(9-14)10-15(16)8-11/h3,5,11-12,14-16,18H,2,4,6-10H2,1H3. The van der Waals surface area contributed by atoms with Gasteiger partial charge in [0.15, 0.2) is 0 Å². The Hall–Kier alpha value is -0.340. The highest BCUT2D eigenvalue weighted by molar-refractivity contribution is 7.10. The Morgan fingerprint density at radius 1 is 1.11 bits per heavy atom. The van der Waals surface area contributed by atoms with Crippen LogP contribution in [0.1, 0.15) is 48.5 Å². The number of hydrogen-bond donors (Lipinski definition) is 1. The second-order valence-corrected chi connectivity index (χ2v) is 8.07. The summed E-state index contributed by atoms with van der Waals surface area (Å²) < 4.78 is 0. The highest BCUT2D eigenvalue weighted by Crippen LogP contribution is 2.60. The van der Waals surface area contributed by atoms with E-state index < -0.39 is 0 Å². The summed E-state index contributed by atoms with van der Waals surface area (Å²) in [6.07, 6.45) is 8.96. The van der Waals surface area contributed by atoms with Crippen molar-refractivity contribution in [3.63, 3.8) is 0 Å². The summed E-state index contributed by atoms with van der Waals surface area (Å²) in [5, 5.41) is 5.64. The zero-order valence-electron chi connectivity index (χ0n) is 11.9. The molecule has 5 rings (SSSR count). The molecule has 0 aliphatic heterocycles. The lowest BCUT2D eigenvalue weighted by Gasteiger charge is -2.54. The van der Waals surface area contributed by atoms with Crippen LogP contribution in [0, 0.1) is 23.7 Å². The molecule has 4 aliphatic rings. The third-order valence-electron chi connectivity index (χ3n) is 5.95. The fraction of sp³-hybridized carbons (Fsp3) is 0.765. The molecular formula is C17H25NS. The Balaban J connectivity index is 1.60. The van der Waals surface area contributed by atoms with Crippen LogP contribution in [-0.4, -0.2) is 13.6 Å².